The number of ether oxygens (including phenoxy) is 3. The minimum Gasteiger partial charge on any atom is -0.478 e. The van der Waals surface area contributed by atoms with Crippen LogP contribution in [0.25, 0.3) is 0 Å². The lowest BCUT2D eigenvalue weighted by Crippen LogP contribution is -2.04. The maximum atomic E-state index is 10.3. The van der Waals surface area contributed by atoms with Gasteiger partial charge in [-0.05, 0) is 20.3 Å². The van der Waals surface area contributed by atoms with Gasteiger partial charge in [-0.25, -0.2) is 19.2 Å². The van der Waals surface area contributed by atoms with E-state index in [0.29, 0.717) is 12.2 Å². The Bertz CT molecular complexity index is 551. The molecule has 2 N–H and O–H groups in total. The lowest BCUT2D eigenvalue weighted by Gasteiger charge is -1.97. The predicted molar refractivity (Wildman–Crippen MR) is 114 cm³/mol. The fourth-order valence-electron chi connectivity index (χ4n) is 0.755. The Balaban J connectivity index is -0.000000152. The fourth-order valence-corrected chi connectivity index (χ4v) is 0.755. The van der Waals surface area contributed by atoms with Gasteiger partial charge in [0.15, 0.2) is 0 Å². The van der Waals surface area contributed by atoms with Gasteiger partial charge in [-0.1, -0.05) is 39.7 Å². The molecule has 9 nitrogen and oxygen atoms in total. The normalized spacial score (nSPS) is 8.03. The molecule has 0 aliphatic heterocycles. The van der Waals surface area contributed by atoms with Crippen LogP contribution in [0.3, 0.4) is 0 Å². The standard InChI is InChI=1S/C7H12O2.C5H8O3.C5H8O2.C4H6O2/c1-3-5-6-9-7(8)4-2;1-2-5(7)8-4-3-6;1-4(2)5(6)7-3;1-3(2)4(5)6/h4H,2-3,5-6H2,1H3;2,6H,1,3-4H2;1H2,2-3H3;1H2,2H3,(H,5,6). The Morgan fingerprint density at radius 2 is 1.30 bits per heavy atom. The first kappa shape index (κ1) is 34.3. The summed E-state index contributed by atoms with van der Waals surface area (Å²) in [6.07, 6.45) is 4.20. The van der Waals surface area contributed by atoms with Crippen molar-refractivity contribution >= 4 is 23.9 Å². The highest BCUT2D eigenvalue weighted by molar-refractivity contribution is 5.86. The number of hydrogen-bond acceptors (Lipinski definition) is 8. The zero-order valence-electron chi connectivity index (χ0n) is 18.3. The number of carbonyl (C=O) groups excluding carboxylic acids is 3. The van der Waals surface area contributed by atoms with Crippen LogP contribution in [-0.4, -0.2) is 61.0 Å². The molecule has 0 aliphatic carbocycles. The maximum absolute atomic E-state index is 10.3. The molecule has 0 radical (unpaired) electrons. The van der Waals surface area contributed by atoms with Gasteiger partial charge >= 0.3 is 23.9 Å². The van der Waals surface area contributed by atoms with Gasteiger partial charge in [0, 0.05) is 23.3 Å². The van der Waals surface area contributed by atoms with E-state index in [0.717, 1.165) is 18.9 Å². The first-order chi connectivity index (χ1) is 13.9. The number of aliphatic carboxylic acids is 1. The molecule has 0 fully saturated rings. The van der Waals surface area contributed by atoms with Gasteiger partial charge in [0.25, 0.3) is 0 Å². The summed E-state index contributed by atoms with van der Waals surface area (Å²) in [6, 6.07) is 0. The summed E-state index contributed by atoms with van der Waals surface area (Å²) in [6.45, 7) is 18.4. The van der Waals surface area contributed by atoms with Crippen molar-refractivity contribution in [3.8, 4) is 0 Å². The molecule has 0 spiro atoms. The van der Waals surface area contributed by atoms with Gasteiger partial charge < -0.3 is 24.4 Å². The van der Waals surface area contributed by atoms with Gasteiger partial charge in [0.05, 0.1) is 20.3 Å². The predicted octanol–water partition coefficient (Wildman–Crippen LogP) is 2.61. The number of esters is 3. The molecular formula is C21H34O9. The Kier molecular flexibility index (Phi) is 29.5. The van der Waals surface area contributed by atoms with Gasteiger partial charge in [-0.2, -0.15) is 0 Å². The van der Waals surface area contributed by atoms with Crippen molar-refractivity contribution in [2.24, 2.45) is 0 Å². The third kappa shape index (κ3) is 35.8. The van der Waals surface area contributed by atoms with Crippen molar-refractivity contribution in [2.75, 3.05) is 26.9 Å². The number of rotatable bonds is 9. The van der Waals surface area contributed by atoms with Gasteiger partial charge in [0.2, 0.25) is 0 Å². The fraction of sp³-hybridized carbons (Fsp3) is 0.429. The lowest BCUT2D eigenvalue weighted by molar-refractivity contribution is -0.139. The quantitative estimate of drug-likeness (QED) is 0.245. The first-order valence-electron chi connectivity index (χ1n) is 8.76. The molecule has 172 valence electrons. The van der Waals surface area contributed by atoms with E-state index in [1.807, 2.05) is 6.92 Å². The molecule has 0 rings (SSSR count). The third-order valence-corrected chi connectivity index (χ3v) is 2.31. The van der Waals surface area contributed by atoms with E-state index < -0.39 is 11.9 Å². The summed E-state index contributed by atoms with van der Waals surface area (Å²) in [7, 11) is 1.33. The largest absolute Gasteiger partial charge is 0.478 e. The highest BCUT2D eigenvalue weighted by Crippen LogP contribution is 1.88. The summed E-state index contributed by atoms with van der Waals surface area (Å²) in [5, 5.41) is 16.0. The van der Waals surface area contributed by atoms with Crippen molar-refractivity contribution in [1.82, 2.24) is 0 Å². The summed E-state index contributed by atoms with van der Waals surface area (Å²) in [4.78, 5) is 40.3. The van der Waals surface area contributed by atoms with Crippen molar-refractivity contribution in [3.05, 3.63) is 49.6 Å². The highest BCUT2D eigenvalue weighted by atomic mass is 16.5. The number of carboxylic acid groups (broad SMARTS) is 1. The van der Waals surface area contributed by atoms with Crippen LogP contribution >= 0.6 is 0 Å². The lowest BCUT2D eigenvalue weighted by atomic mass is 10.4. The zero-order valence-corrected chi connectivity index (χ0v) is 18.3. The number of unbranched alkanes of at least 4 members (excludes halogenated alkanes) is 1. The van der Waals surface area contributed by atoms with Crippen LogP contribution in [0.4, 0.5) is 0 Å². The average Bonchev–Trinajstić information content (AvgIpc) is 2.72. The minimum absolute atomic E-state index is 0.0465. The van der Waals surface area contributed by atoms with E-state index in [1.54, 1.807) is 6.92 Å². The van der Waals surface area contributed by atoms with Gasteiger partial charge in [-0.3, -0.25) is 0 Å². The minimum atomic E-state index is -0.935. The number of aliphatic hydroxyl groups excluding tert-OH is 1. The number of carboxylic acids is 1. The Morgan fingerprint density at radius 1 is 0.900 bits per heavy atom. The molecule has 0 bridgehead atoms. The number of hydrogen-bond donors (Lipinski definition) is 2. The van der Waals surface area contributed by atoms with E-state index in [2.05, 4.69) is 40.5 Å². The molecule has 0 saturated carbocycles. The average molecular weight is 430 g/mol. The molecule has 0 unspecified atom stereocenters. The molecule has 0 aliphatic rings. The Labute approximate surface area is 178 Å². The van der Waals surface area contributed by atoms with Crippen molar-refractivity contribution in [1.29, 1.82) is 0 Å². The first-order valence-corrected chi connectivity index (χ1v) is 8.76. The molecule has 0 amide bonds. The van der Waals surface area contributed by atoms with Crippen LogP contribution in [0.1, 0.15) is 33.6 Å². The molecule has 0 heterocycles. The maximum Gasteiger partial charge on any atom is 0.332 e. The van der Waals surface area contributed by atoms with Crippen LogP contribution < -0.4 is 0 Å². The van der Waals surface area contributed by atoms with Crippen LogP contribution in [0.5, 0.6) is 0 Å². The topological polar surface area (TPSA) is 136 Å². The van der Waals surface area contributed by atoms with Crippen LogP contribution in [-0.2, 0) is 33.4 Å². The Hall–Kier alpha value is -3.20. The molecule has 0 aromatic rings. The molecule has 0 atom stereocenters. The molecule has 0 saturated heterocycles. The molecule has 0 aromatic carbocycles. The third-order valence-electron chi connectivity index (χ3n) is 2.31. The molecule has 9 heteroatoms. The van der Waals surface area contributed by atoms with E-state index >= 15 is 0 Å². The molecule has 0 aromatic heterocycles. The van der Waals surface area contributed by atoms with E-state index in [-0.39, 0.29) is 30.7 Å². The van der Waals surface area contributed by atoms with Crippen LogP contribution in [0, 0.1) is 0 Å². The number of methoxy groups -OCH3 is 1. The van der Waals surface area contributed by atoms with Gasteiger partial charge in [-0.15, -0.1) is 0 Å². The smallest absolute Gasteiger partial charge is 0.332 e. The van der Waals surface area contributed by atoms with Crippen LogP contribution in [0.2, 0.25) is 0 Å². The van der Waals surface area contributed by atoms with Crippen molar-refractivity contribution < 1.29 is 43.6 Å². The van der Waals surface area contributed by atoms with E-state index in [4.69, 9.17) is 10.2 Å². The van der Waals surface area contributed by atoms with E-state index in [1.165, 1.54) is 20.1 Å². The Morgan fingerprint density at radius 3 is 1.50 bits per heavy atom. The highest BCUT2D eigenvalue weighted by Gasteiger charge is 1.95. The summed E-state index contributed by atoms with van der Waals surface area (Å²) in [5.41, 5.74) is 0.609. The monoisotopic (exact) mass is 430 g/mol. The number of aliphatic hydroxyl groups is 1. The van der Waals surface area contributed by atoms with Crippen LogP contribution in [0.15, 0.2) is 49.6 Å². The summed E-state index contributed by atoms with van der Waals surface area (Å²) >= 11 is 0. The second-order valence-electron chi connectivity index (χ2n) is 5.18. The second-order valence-corrected chi connectivity index (χ2v) is 5.18. The second kappa shape index (κ2) is 25.8. The summed E-state index contributed by atoms with van der Waals surface area (Å²) < 4.78 is 13.3. The zero-order chi connectivity index (χ0) is 24.5. The molecule has 30 heavy (non-hydrogen) atoms. The summed E-state index contributed by atoms with van der Waals surface area (Å²) in [5.74, 6) is -2.11. The van der Waals surface area contributed by atoms with Crippen molar-refractivity contribution in [3.63, 3.8) is 0 Å². The SMILES string of the molecule is C=C(C)C(=O)O.C=C(C)C(=O)OC.C=CC(=O)OCCCC.C=CC(=O)OCCO. The number of carbonyl (C=O) groups is 4. The van der Waals surface area contributed by atoms with E-state index in [9.17, 15) is 19.2 Å². The van der Waals surface area contributed by atoms with Crippen molar-refractivity contribution in [2.45, 2.75) is 33.6 Å². The molecular weight excluding hydrogens is 396 g/mol. The van der Waals surface area contributed by atoms with Gasteiger partial charge in [0.1, 0.15) is 6.61 Å².